The molecule has 0 aliphatic heterocycles. The molecule has 82 valence electrons. The lowest BCUT2D eigenvalue weighted by Gasteiger charge is -2.08. The Hall–Kier alpha value is -1.85. The van der Waals surface area contributed by atoms with Crippen molar-refractivity contribution in [1.82, 2.24) is 15.5 Å². The number of amides is 1. The van der Waals surface area contributed by atoms with Crippen LogP contribution >= 0.6 is 0 Å². The first-order chi connectivity index (χ1) is 6.93. The number of carboxylic acid groups (broad SMARTS) is 1. The molecular weight excluding hydrogens is 198 g/mol. The summed E-state index contributed by atoms with van der Waals surface area (Å²) >= 11 is 0. The molecule has 1 atom stereocenters. The number of aliphatic carboxylic acids is 1. The van der Waals surface area contributed by atoms with Crippen LogP contribution in [0.2, 0.25) is 0 Å². The molecule has 0 saturated heterocycles. The second-order valence-corrected chi connectivity index (χ2v) is 3.34. The van der Waals surface area contributed by atoms with E-state index in [1.165, 1.54) is 6.92 Å². The van der Waals surface area contributed by atoms with Gasteiger partial charge in [-0.3, -0.25) is 14.7 Å². The molecule has 0 fully saturated rings. The maximum Gasteiger partial charge on any atom is 0.325 e. The van der Waals surface area contributed by atoms with Crippen LogP contribution in [0.3, 0.4) is 0 Å². The third kappa shape index (κ3) is 2.34. The highest BCUT2D eigenvalue weighted by Gasteiger charge is 2.19. The average molecular weight is 211 g/mol. The van der Waals surface area contributed by atoms with Crippen molar-refractivity contribution in [3.05, 3.63) is 17.0 Å². The van der Waals surface area contributed by atoms with Gasteiger partial charge in [-0.25, -0.2) is 0 Å². The first kappa shape index (κ1) is 11.2. The van der Waals surface area contributed by atoms with Crippen LogP contribution in [0.4, 0.5) is 0 Å². The van der Waals surface area contributed by atoms with Gasteiger partial charge in [0.1, 0.15) is 6.04 Å². The smallest absolute Gasteiger partial charge is 0.325 e. The van der Waals surface area contributed by atoms with Gasteiger partial charge in [0.2, 0.25) is 0 Å². The van der Waals surface area contributed by atoms with Crippen molar-refractivity contribution in [2.45, 2.75) is 26.8 Å². The third-order valence-electron chi connectivity index (χ3n) is 2.07. The minimum atomic E-state index is -1.07. The topological polar surface area (TPSA) is 95.1 Å². The zero-order valence-electron chi connectivity index (χ0n) is 8.79. The summed E-state index contributed by atoms with van der Waals surface area (Å²) in [5.74, 6) is -1.49. The van der Waals surface area contributed by atoms with Crippen molar-refractivity contribution >= 4 is 11.9 Å². The summed E-state index contributed by atoms with van der Waals surface area (Å²) in [6.07, 6.45) is 0. The van der Waals surface area contributed by atoms with E-state index >= 15 is 0 Å². The molecule has 0 aromatic carbocycles. The number of nitrogens with zero attached hydrogens (tertiary/aromatic N) is 1. The zero-order valence-corrected chi connectivity index (χ0v) is 8.79. The number of aromatic amines is 1. The van der Waals surface area contributed by atoms with E-state index < -0.39 is 17.9 Å². The first-order valence-electron chi connectivity index (χ1n) is 4.48. The fourth-order valence-electron chi connectivity index (χ4n) is 1.22. The Morgan fingerprint density at radius 3 is 2.47 bits per heavy atom. The number of nitrogens with one attached hydrogen (secondary N) is 2. The fraction of sp³-hybridized carbons (Fsp3) is 0.444. The van der Waals surface area contributed by atoms with Gasteiger partial charge in [-0.05, 0) is 20.8 Å². The van der Waals surface area contributed by atoms with Crippen molar-refractivity contribution in [3.8, 4) is 0 Å². The van der Waals surface area contributed by atoms with Crippen LogP contribution in [0.1, 0.15) is 28.7 Å². The largest absolute Gasteiger partial charge is 0.480 e. The Bertz CT molecular complexity index is 378. The number of carboxylic acids is 1. The zero-order chi connectivity index (χ0) is 11.6. The standard InChI is InChI=1S/C9H13N3O3/c1-4-7(5(2)12-11-4)8(13)10-6(3)9(14)15/h6H,1-3H3,(H,10,13)(H,11,12)(H,14,15)/t6-/m1/s1. The molecule has 0 radical (unpaired) electrons. The van der Waals surface area contributed by atoms with Crippen LogP contribution in [0.15, 0.2) is 0 Å². The van der Waals surface area contributed by atoms with Gasteiger partial charge in [0, 0.05) is 5.69 Å². The minimum absolute atomic E-state index is 0.406. The van der Waals surface area contributed by atoms with Crippen LogP contribution in [-0.2, 0) is 4.79 Å². The number of hydrogen-bond acceptors (Lipinski definition) is 3. The molecule has 0 aliphatic carbocycles. The molecule has 0 bridgehead atoms. The highest BCUT2D eigenvalue weighted by molar-refractivity contribution is 5.98. The Balaban J connectivity index is 2.82. The Morgan fingerprint density at radius 2 is 2.07 bits per heavy atom. The quantitative estimate of drug-likeness (QED) is 0.666. The van der Waals surface area contributed by atoms with Gasteiger partial charge in [0.25, 0.3) is 5.91 Å². The number of rotatable bonds is 3. The van der Waals surface area contributed by atoms with E-state index in [1.807, 2.05) is 0 Å². The normalized spacial score (nSPS) is 12.2. The second-order valence-electron chi connectivity index (χ2n) is 3.34. The lowest BCUT2D eigenvalue weighted by Crippen LogP contribution is -2.38. The number of aromatic nitrogens is 2. The first-order valence-corrected chi connectivity index (χ1v) is 4.48. The molecule has 3 N–H and O–H groups in total. The van der Waals surface area contributed by atoms with E-state index in [0.717, 1.165) is 0 Å². The maximum absolute atomic E-state index is 11.6. The number of H-pyrrole nitrogens is 1. The third-order valence-corrected chi connectivity index (χ3v) is 2.07. The highest BCUT2D eigenvalue weighted by atomic mass is 16.4. The molecule has 6 nitrogen and oxygen atoms in total. The Morgan fingerprint density at radius 1 is 1.47 bits per heavy atom. The summed E-state index contributed by atoms with van der Waals surface area (Å²) in [4.78, 5) is 22.2. The van der Waals surface area contributed by atoms with E-state index in [4.69, 9.17) is 5.11 Å². The summed E-state index contributed by atoms with van der Waals surface area (Å²) in [5.41, 5.74) is 1.59. The molecule has 1 amide bonds. The number of carbonyl (C=O) groups excluding carboxylic acids is 1. The molecule has 1 rings (SSSR count). The van der Waals surface area contributed by atoms with Gasteiger partial charge in [0.05, 0.1) is 11.3 Å². The molecule has 1 aromatic rings. The monoisotopic (exact) mass is 211 g/mol. The minimum Gasteiger partial charge on any atom is -0.480 e. The Kier molecular flexibility index (Phi) is 3.08. The maximum atomic E-state index is 11.6. The highest BCUT2D eigenvalue weighted by Crippen LogP contribution is 2.08. The summed E-state index contributed by atoms with van der Waals surface area (Å²) < 4.78 is 0. The van der Waals surface area contributed by atoms with E-state index in [1.54, 1.807) is 13.8 Å². The van der Waals surface area contributed by atoms with Crippen LogP contribution in [0, 0.1) is 13.8 Å². The molecule has 0 saturated carbocycles. The molecule has 1 aromatic heterocycles. The van der Waals surface area contributed by atoms with Gasteiger partial charge in [0.15, 0.2) is 0 Å². The lowest BCUT2D eigenvalue weighted by atomic mass is 10.2. The van der Waals surface area contributed by atoms with E-state index in [9.17, 15) is 9.59 Å². The lowest BCUT2D eigenvalue weighted by molar-refractivity contribution is -0.138. The van der Waals surface area contributed by atoms with Crippen molar-refractivity contribution < 1.29 is 14.7 Å². The van der Waals surface area contributed by atoms with Gasteiger partial charge >= 0.3 is 5.97 Å². The predicted octanol–water partition coefficient (Wildman–Crippen LogP) is 0.229. The molecule has 0 aliphatic rings. The van der Waals surface area contributed by atoms with Gasteiger partial charge in [-0.1, -0.05) is 0 Å². The molecule has 0 unspecified atom stereocenters. The van der Waals surface area contributed by atoms with Gasteiger partial charge in [-0.15, -0.1) is 0 Å². The van der Waals surface area contributed by atoms with Crippen molar-refractivity contribution in [1.29, 1.82) is 0 Å². The second kappa shape index (κ2) is 4.12. The van der Waals surface area contributed by atoms with E-state index in [-0.39, 0.29) is 0 Å². The molecule has 1 heterocycles. The van der Waals surface area contributed by atoms with Crippen molar-refractivity contribution in [2.24, 2.45) is 0 Å². The van der Waals surface area contributed by atoms with Crippen LogP contribution in [0.25, 0.3) is 0 Å². The van der Waals surface area contributed by atoms with Crippen molar-refractivity contribution in [2.75, 3.05) is 0 Å². The summed E-state index contributed by atoms with van der Waals surface area (Å²) in [7, 11) is 0. The van der Waals surface area contributed by atoms with Crippen LogP contribution < -0.4 is 5.32 Å². The number of hydrogen-bond donors (Lipinski definition) is 3. The average Bonchev–Trinajstić information content (AvgIpc) is 2.45. The summed E-state index contributed by atoms with van der Waals surface area (Å²) in [6, 6.07) is -0.911. The van der Waals surface area contributed by atoms with E-state index in [0.29, 0.717) is 17.0 Å². The Labute approximate surface area is 86.7 Å². The van der Waals surface area contributed by atoms with E-state index in [2.05, 4.69) is 15.5 Å². The van der Waals surface area contributed by atoms with Crippen LogP contribution in [-0.4, -0.2) is 33.2 Å². The van der Waals surface area contributed by atoms with Gasteiger partial charge < -0.3 is 10.4 Å². The fourth-order valence-corrected chi connectivity index (χ4v) is 1.22. The number of aryl methyl sites for hydroxylation is 2. The number of carbonyl (C=O) groups is 2. The molecule has 15 heavy (non-hydrogen) atoms. The SMILES string of the molecule is Cc1n[nH]c(C)c1C(=O)N[C@H](C)C(=O)O. The molecule has 0 spiro atoms. The van der Waals surface area contributed by atoms with Crippen molar-refractivity contribution in [3.63, 3.8) is 0 Å². The summed E-state index contributed by atoms with van der Waals surface area (Å²) in [5, 5.41) is 17.5. The molecular formula is C9H13N3O3. The molecule has 6 heteroatoms. The predicted molar refractivity (Wildman–Crippen MR) is 52.6 cm³/mol. The van der Waals surface area contributed by atoms with Crippen LogP contribution in [0.5, 0.6) is 0 Å². The summed E-state index contributed by atoms with van der Waals surface area (Å²) in [6.45, 7) is 4.80. The van der Waals surface area contributed by atoms with Gasteiger partial charge in [-0.2, -0.15) is 5.10 Å².